The van der Waals surface area contributed by atoms with Gasteiger partial charge in [-0.25, -0.2) is 0 Å². The molecule has 1 rings (SSSR count). The summed E-state index contributed by atoms with van der Waals surface area (Å²) in [5.41, 5.74) is 7.47. The van der Waals surface area contributed by atoms with Crippen LogP contribution in [0.2, 0.25) is 0 Å². The second-order valence-corrected chi connectivity index (χ2v) is 3.66. The van der Waals surface area contributed by atoms with Crippen LogP contribution < -0.4 is 20.5 Å². The number of aryl methyl sites for hydroxylation is 1. The topological polar surface area (TPSA) is 73.6 Å². The van der Waals surface area contributed by atoms with E-state index in [-0.39, 0.29) is 5.91 Å². The van der Waals surface area contributed by atoms with Gasteiger partial charge in [-0.15, -0.1) is 0 Å². The summed E-state index contributed by atoms with van der Waals surface area (Å²) in [7, 11) is 4.66. The molecule has 0 heterocycles. The highest BCUT2D eigenvalue weighted by Crippen LogP contribution is 2.32. The monoisotopic (exact) mass is 238 g/mol. The van der Waals surface area contributed by atoms with E-state index < -0.39 is 6.04 Å². The standard InChI is InChI=1S/C12H18N2O3/c1-7-5-9(16-3)10(17-4)6-8(7)11(13)12(15)14-2/h5-6,11H,13H2,1-4H3,(H,14,15). The zero-order valence-corrected chi connectivity index (χ0v) is 10.5. The Bertz CT molecular complexity index is 418. The molecule has 0 fully saturated rings. The number of carbonyl (C=O) groups excluding carboxylic acids is 1. The SMILES string of the molecule is CNC(=O)C(N)c1cc(OC)c(OC)cc1C. The number of rotatable bonds is 4. The van der Waals surface area contributed by atoms with Crippen molar-refractivity contribution in [1.82, 2.24) is 5.32 Å². The van der Waals surface area contributed by atoms with Crippen LogP contribution in [0, 0.1) is 6.92 Å². The third-order valence-electron chi connectivity index (χ3n) is 2.64. The van der Waals surface area contributed by atoms with Gasteiger partial charge in [0, 0.05) is 7.05 Å². The van der Waals surface area contributed by atoms with Gasteiger partial charge in [-0.1, -0.05) is 0 Å². The lowest BCUT2D eigenvalue weighted by Gasteiger charge is -2.16. The fourth-order valence-electron chi connectivity index (χ4n) is 1.63. The Balaban J connectivity index is 3.21. The molecule has 0 aliphatic carbocycles. The molecule has 1 amide bonds. The molecule has 0 radical (unpaired) electrons. The van der Waals surface area contributed by atoms with E-state index in [4.69, 9.17) is 15.2 Å². The molecule has 0 aliphatic rings. The van der Waals surface area contributed by atoms with Crippen molar-refractivity contribution in [3.05, 3.63) is 23.3 Å². The van der Waals surface area contributed by atoms with Crippen molar-refractivity contribution in [3.63, 3.8) is 0 Å². The van der Waals surface area contributed by atoms with Crippen LogP contribution in [0.25, 0.3) is 0 Å². The molecule has 1 aromatic rings. The summed E-state index contributed by atoms with van der Waals surface area (Å²) in [6, 6.07) is 2.82. The summed E-state index contributed by atoms with van der Waals surface area (Å²) >= 11 is 0. The Kier molecular flexibility index (Phi) is 4.34. The number of nitrogens with two attached hydrogens (primary N) is 1. The lowest BCUT2D eigenvalue weighted by molar-refractivity contribution is -0.122. The first-order valence-corrected chi connectivity index (χ1v) is 5.24. The van der Waals surface area contributed by atoms with Crippen LogP contribution in [0.5, 0.6) is 11.5 Å². The minimum atomic E-state index is -0.709. The van der Waals surface area contributed by atoms with E-state index in [1.165, 1.54) is 0 Å². The van der Waals surface area contributed by atoms with E-state index >= 15 is 0 Å². The lowest BCUT2D eigenvalue weighted by atomic mass is 10.0. The number of nitrogens with one attached hydrogen (secondary N) is 1. The van der Waals surface area contributed by atoms with Gasteiger partial charge in [0.05, 0.1) is 14.2 Å². The quantitative estimate of drug-likeness (QED) is 0.812. The zero-order chi connectivity index (χ0) is 13.0. The first kappa shape index (κ1) is 13.3. The van der Waals surface area contributed by atoms with Gasteiger partial charge in [-0.2, -0.15) is 0 Å². The summed E-state index contributed by atoms with van der Waals surface area (Å²) in [4.78, 5) is 11.5. The molecule has 1 atom stereocenters. The number of ether oxygens (including phenoxy) is 2. The molecule has 0 saturated heterocycles. The predicted molar refractivity (Wildman–Crippen MR) is 65.3 cm³/mol. The van der Waals surface area contributed by atoms with Crippen LogP contribution in [-0.2, 0) is 4.79 Å². The third kappa shape index (κ3) is 2.68. The van der Waals surface area contributed by atoms with E-state index in [1.807, 2.05) is 6.92 Å². The van der Waals surface area contributed by atoms with Gasteiger partial charge >= 0.3 is 0 Å². The molecular formula is C12H18N2O3. The summed E-state index contributed by atoms with van der Waals surface area (Å²) in [6.07, 6.45) is 0. The molecule has 1 unspecified atom stereocenters. The molecule has 0 spiro atoms. The zero-order valence-electron chi connectivity index (χ0n) is 10.5. The Morgan fingerprint density at radius 3 is 2.29 bits per heavy atom. The predicted octanol–water partition coefficient (Wildman–Crippen LogP) is 0.758. The van der Waals surface area contributed by atoms with Crippen LogP contribution in [-0.4, -0.2) is 27.2 Å². The Morgan fingerprint density at radius 2 is 1.82 bits per heavy atom. The number of hydrogen-bond acceptors (Lipinski definition) is 4. The first-order chi connectivity index (χ1) is 8.04. The largest absolute Gasteiger partial charge is 0.493 e. The molecule has 17 heavy (non-hydrogen) atoms. The fraction of sp³-hybridized carbons (Fsp3) is 0.417. The number of amides is 1. The maximum atomic E-state index is 11.5. The van der Waals surface area contributed by atoms with Crippen molar-refractivity contribution < 1.29 is 14.3 Å². The number of methoxy groups -OCH3 is 2. The van der Waals surface area contributed by atoms with E-state index in [0.29, 0.717) is 11.5 Å². The number of benzene rings is 1. The van der Waals surface area contributed by atoms with Crippen LogP contribution in [0.1, 0.15) is 17.2 Å². The average Bonchev–Trinajstić information content (AvgIpc) is 2.36. The van der Waals surface area contributed by atoms with Crippen LogP contribution in [0.15, 0.2) is 12.1 Å². The van der Waals surface area contributed by atoms with Crippen molar-refractivity contribution in [2.24, 2.45) is 5.73 Å². The summed E-state index contributed by atoms with van der Waals surface area (Å²) in [5.74, 6) is 0.950. The van der Waals surface area contributed by atoms with Crippen LogP contribution in [0.4, 0.5) is 0 Å². The van der Waals surface area contributed by atoms with Gasteiger partial charge in [0.15, 0.2) is 11.5 Å². The smallest absolute Gasteiger partial charge is 0.241 e. The van der Waals surface area contributed by atoms with E-state index in [2.05, 4.69) is 5.32 Å². The maximum Gasteiger partial charge on any atom is 0.241 e. The van der Waals surface area contributed by atoms with Gasteiger partial charge in [0.2, 0.25) is 5.91 Å². The van der Waals surface area contributed by atoms with Crippen molar-refractivity contribution in [1.29, 1.82) is 0 Å². The van der Waals surface area contributed by atoms with Crippen molar-refractivity contribution >= 4 is 5.91 Å². The average molecular weight is 238 g/mol. The minimum absolute atomic E-state index is 0.236. The molecule has 0 saturated carbocycles. The molecule has 0 aromatic heterocycles. The molecule has 1 aromatic carbocycles. The van der Waals surface area contributed by atoms with Gasteiger partial charge < -0.3 is 20.5 Å². The molecule has 5 nitrogen and oxygen atoms in total. The Labute approximate surface area is 101 Å². The van der Waals surface area contributed by atoms with Crippen molar-refractivity contribution in [2.75, 3.05) is 21.3 Å². The van der Waals surface area contributed by atoms with E-state index in [1.54, 1.807) is 33.4 Å². The molecule has 5 heteroatoms. The minimum Gasteiger partial charge on any atom is -0.493 e. The highest BCUT2D eigenvalue weighted by atomic mass is 16.5. The number of carbonyl (C=O) groups is 1. The highest BCUT2D eigenvalue weighted by Gasteiger charge is 2.19. The van der Waals surface area contributed by atoms with Gasteiger partial charge in [-0.3, -0.25) is 4.79 Å². The van der Waals surface area contributed by atoms with Crippen LogP contribution in [0.3, 0.4) is 0 Å². The van der Waals surface area contributed by atoms with E-state index in [0.717, 1.165) is 11.1 Å². The molecule has 94 valence electrons. The van der Waals surface area contributed by atoms with Crippen molar-refractivity contribution in [2.45, 2.75) is 13.0 Å². The number of hydrogen-bond donors (Lipinski definition) is 2. The second-order valence-electron chi connectivity index (χ2n) is 3.66. The summed E-state index contributed by atoms with van der Waals surface area (Å²) in [5, 5.41) is 2.52. The lowest BCUT2D eigenvalue weighted by Crippen LogP contribution is -2.31. The number of likely N-dealkylation sites (N-methyl/N-ethyl adjacent to an activating group) is 1. The van der Waals surface area contributed by atoms with Crippen molar-refractivity contribution in [3.8, 4) is 11.5 Å². The third-order valence-corrected chi connectivity index (χ3v) is 2.64. The fourth-order valence-corrected chi connectivity index (χ4v) is 1.63. The molecule has 0 bridgehead atoms. The maximum absolute atomic E-state index is 11.5. The first-order valence-electron chi connectivity index (χ1n) is 5.24. The highest BCUT2D eigenvalue weighted by molar-refractivity contribution is 5.83. The molecule has 0 aliphatic heterocycles. The molecule has 3 N–H and O–H groups in total. The normalized spacial score (nSPS) is 11.8. The van der Waals surface area contributed by atoms with Gasteiger partial charge in [0.25, 0.3) is 0 Å². The Morgan fingerprint density at radius 1 is 1.29 bits per heavy atom. The van der Waals surface area contributed by atoms with E-state index in [9.17, 15) is 4.79 Å². The van der Waals surface area contributed by atoms with Gasteiger partial charge in [0.1, 0.15) is 6.04 Å². The summed E-state index contributed by atoms with van der Waals surface area (Å²) in [6.45, 7) is 1.88. The summed E-state index contributed by atoms with van der Waals surface area (Å²) < 4.78 is 10.4. The Hall–Kier alpha value is -1.75. The van der Waals surface area contributed by atoms with Crippen LogP contribution >= 0.6 is 0 Å². The van der Waals surface area contributed by atoms with Gasteiger partial charge in [-0.05, 0) is 30.2 Å². The second kappa shape index (κ2) is 5.54. The molecular weight excluding hydrogens is 220 g/mol.